The van der Waals surface area contributed by atoms with E-state index in [0.29, 0.717) is 22.7 Å². The summed E-state index contributed by atoms with van der Waals surface area (Å²) < 4.78 is 47.5. The summed E-state index contributed by atoms with van der Waals surface area (Å²) in [5, 5.41) is -1.59. The summed E-state index contributed by atoms with van der Waals surface area (Å²) in [5.74, 6) is 0.417. The summed E-state index contributed by atoms with van der Waals surface area (Å²) in [7, 11) is -1.89. The number of imidazole rings is 1. The Morgan fingerprint density at radius 2 is 2.03 bits per heavy atom. The average molecular weight is 520 g/mol. The number of fused-ring (bicyclic) bond motifs is 1. The number of nitrogens with zero attached hydrogens (tertiary/aromatic N) is 4. The van der Waals surface area contributed by atoms with Gasteiger partial charge in [-0.1, -0.05) is 0 Å². The molecule has 0 amide bonds. The first-order valence-corrected chi connectivity index (χ1v) is 12.9. The molecule has 4 heterocycles. The van der Waals surface area contributed by atoms with Crippen molar-refractivity contribution in [3.8, 4) is 17.4 Å². The number of rotatable bonds is 9. The van der Waals surface area contributed by atoms with E-state index in [0.717, 1.165) is 0 Å². The van der Waals surface area contributed by atoms with Crippen LogP contribution >= 0.6 is 7.37 Å². The Labute approximate surface area is 205 Å². The highest BCUT2D eigenvalue weighted by atomic mass is 31.2. The van der Waals surface area contributed by atoms with Gasteiger partial charge in [-0.05, 0) is 31.2 Å². The number of methoxy groups -OCH3 is 1. The van der Waals surface area contributed by atoms with E-state index in [9.17, 15) is 9.36 Å². The van der Waals surface area contributed by atoms with Crippen molar-refractivity contribution in [3.63, 3.8) is 0 Å². The molecule has 4 N–H and O–H groups in total. The second-order valence-electron chi connectivity index (χ2n) is 8.12. The maximum Gasteiger partial charge on any atom is 0.338 e. The number of nitrogen functional groups attached to an aromatic ring is 1. The van der Waals surface area contributed by atoms with Crippen molar-refractivity contribution in [3.05, 3.63) is 30.6 Å². The Hall–Kier alpha value is -3.45. The fourth-order valence-corrected chi connectivity index (χ4v) is 5.80. The molecule has 2 aliphatic heterocycles. The zero-order chi connectivity index (χ0) is 25.5. The number of carbonyl (C=O) groups is 1. The van der Waals surface area contributed by atoms with Gasteiger partial charge in [0.15, 0.2) is 23.7 Å². The zero-order valence-electron chi connectivity index (χ0n) is 19.5. The SMILES string of the molecule is CCOC(=O)C1(N)CP1(=O)Oc1ccc(OC[C@@H]2OC[C@H](n3cnc4c(OC)nc(N)nc43)O2)cc1. The molecule has 4 atom stereocenters. The van der Waals surface area contributed by atoms with Gasteiger partial charge in [-0.2, -0.15) is 9.97 Å². The van der Waals surface area contributed by atoms with E-state index < -0.39 is 31.1 Å². The van der Waals surface area contributed by atoms with Crippen LogP contribution in [0.3, 0.4) is 0 Å². The van der Waals surface area contributed by atoms with E-state index in [-0.39, 0.29) is 37.8 Å². The van der Waals surface area contributed by atoms with Crippen molar-refractivity contribution in [1.82, 2.24) is 19.5 Å². The van der Waals surface area contributed by atoms with Crippen molar-refractivity contribution in [2.75, 3.05) is 38.8 Å². The van der Waals surface area contributed by atoms with Crippen LogP contribution in [0.4, 0.5) is 5.95 Å². The standard InChI is InChI=1S/C21H25N6O8P/c1-3-31-19(28)21(23)10-36(21,29)35-13-6-4-12(5-7-13)32-9-15-33-8-14(34-15)27-11-24-16-17(27)25-20(22)26-18(16)30-2/h4-7,11,14-15H,3,8-10,23H2,1-2H3,(H2,22,25,26)/t14-,15-,21?,36?/m1/s1. The Morgan fingerprint density at radius 3 is 2.75 bits per heavy atom. The van der Waals surface area contributed by atoms with E-state index in [1.807, 2.05) is 0 Å². The first-order valence-electron chi connectivity index (χ1n) is 11.0. The van der Waals surface area contributed by atoms with E-state index in [1.165, 1.54) is 7.11 Å². The van der Waals surface area contributed by atoms with Crippen LogP contribution in [0, 0.1) is 0 Å². The molecule has 1 aromatic carbocycles. The number of hydrogen-bond donors (Lipinski definition) is 2. The highest BCUT2D eigenvalue weighted by Crippen LogP contribution is 2.73. The van der Waals surface area contributed by atoms with Crippen LogP contribution in [-0.2, 0) is 23.6 Å². The largest absolute Gasteiger partial charge is 0.488 e. The second-order valence-corrected chi connectivity index (χ2v) is 10.8. The second kappa shape index (κ2) is 9.21. The molecule has 0 bridgehead atoms. The lowest BCUT2D eigenvalue weighted by Crippen LogP contribution is -2.36. The number of hydrogen-bond acceptors (Lipinski definition) is 13. The van der Waals surface area contributed by atoms with Crippen LogP contribution in [0.5, 0.6) is 17.4 Å². The van der Waals surface area contributed by atoms with Gasteiger partial charge in [-0.25, -0.2) is 9.78 Å². The maximum absolute atomic E-state index is 12.8. The molecule has 0 saturated carbocycles. The Balaban J connectivity index is 1.16. The number of aromatic nitrogens is 4. The quantitative estimate of drug-likeness (QED) is 0.304. The van der Waals surface area contributed by atoms with Gasteiger partial charge >= 0.3 is 5.97 Å². The molecule has 5 rings (SSSR count). The van der Waals surface area contributed by atoms with Crippen LogP contribution in [0.2, 0.25) is 0 Å². The summed E-state index contributed by atoms with van der Waals surface area (Å²) >= 11 is 0. The number of esters is 1. The van der Waals surface area contributed by atoms with E-state index in [4.69, 9.17) is 39.7 Å². The lowest BCUT2D eigenvalue weighted by molar-refractivity contribution is -0.144. The third-order valence-corrected chi connectivity index (χ3v) is 8.28. The molecular weight excluding hydrogens is 495 g/mol. The molecule has 2 unspecified atom stereocenters. The van der Waals surface area contributed by atoms with Crippen molar-refractivity contribution < 1.29 is 37.6 Å². The van der Waals surface area contributed by atoms with Gasteiger partial charge in [-0.3, -0.25) is 9.13 Å². The number of carbonyl (C=O) groups excluding carboxylic acids is 1. The highest BCUT2D eigenvalue weighted by molar-refractivity contribution is 7.70. The Morgan fingerprint density at radius 1 is 1.28 bits per heavy atom. The zero-order valence-corrected chi connectivity index (χ0v) is 20.4. The van der Waals surface area contributed by atoms with Crippen molar-refractivity contribution in [1.29, 1.82) is 0 Å². The molecule has 2 fully saturated rings. The number of anilines is 1. The monoisotopic (exact) mass is 520 g/mol. The molecule has 2 aromatic heterocycles. The molecule has 3 aromatic rings. The van der Waals surface area contributed by atoms with Crippen LogP contribution < -0.4 is 25.5 Å². The number of ether oxygens (including phenoxy) is 5. The fraction of sp³-hybridized carbons (Fsp3) is 0.429. The van der Waals surface area contributed by atoms with Gasteiger partial charge in [0.2, 0.25) is 17.1 Å². The first kappa shape index (κ1) is 24.3. The van der Waals surface area contributed by atoms with E-state index >= 15 is 0 Å². The predicted molar refractivity (Wildman–Crippen MR) is 125 cm³/mol. The normalized spacial score (nSPS) is 27.1. The number of nitrogens with two attached hydrogens (primary N) is 2. The lowest BCUT2D eigenvalue weighted by atomic mass is 10.3. The van der Waals surface area contributed by atoms with Gasteiger partial charge in [0.1, 0.15) is 18.1 Å². The Bertz CT molecular complexity index is 1330. The maximum atomic E-state index is 12.8. The number of benzene rings is 1. The fourth-order valence-electron chi connectivity index (χ4n) is 3.72. The van der Waals surface area contributed by atoms with Gasteiger partial charge in [0.05, 0.1) is 32.8 Å². The molecule has 192 valence electrons. The van der Waals surface area contributed by atoms with Gasteiger partial charge < -0.3 is 39.7 Å². The topological polar surface area (TPSA) is 185 Å². The summed E-state index contributed by atoms with van der Waals surface area (Å²) in [5.41, 5.74) is 12.6. The minimum Gasteiger partial charge on any atom is -0.488 e. The third kappa shape index (κ3) is 4.32. The molecule has 2 aliphatic rings. The molecular formula is C21H25N6O8P. The van der Waals surface area contributed by atoms with Crippen molar-refractivity contribution in [2.45, 2.75) is 24.7 Å². The molecule has 36 heavy (non-hydrogen) atoms. The van der Waals surface area contributed by atoms with Crippen LogP contribution in [-0.4, -0.2) is 70.2 Å². The lowest BCUT2D eigenvalue weighted by Gasteiger charge is -2.14. The van der Waals surface area contributed by atoms with E-state index in [1.54, 1.807) is 42.1 Å². The minimum absolute atomic E-state index is 0.0529. The van der Waals surface area contributed by atoms with Crippen molar-refractivity contribution in [2.24, 2.45) is 5.73 Å². The van der Waals surface area contributed by atoms with E-state index in [2.05, 4.69) is 15.0 Å². The van der Waals surface area contributed by atoms with Crippen LogP contribution in [0.25, 0.3) is 11.2 Å². The minimum atomic E-state index is -3.36. The van der Waals surface area contributed by atoms with Crippen molar-refractivity contribution >= 4 is 30.5 Å². The summed E-state index contributed by atoms with van der Waals surface area (Å²) in [6, 6.07) is 6.42. The molecule has 0 aliphatic carbocycles. The third-order valence-electron chi connectivity index (χ3n) is 5.69. The molecule has 0 radical (unpaired) electrons. The average Bonchev–Trinajstić information content (AvgIpc) is 3.22. The Kier molecular flexibility index (Phi) is 6.20. The predicted octanol–water partition coefficient (Wildman–Crippen LogP) is 1.26. The molecule has 2 saturated heterocycles. The first-order chi connectivity index (χ1) is 17.3. The smallest absolute Gasteiger partial charge is 0.338 e. The highest BCUT2D eigenvalue weighted by Gasteiger charge is 2.72. The molecule has 15 heteroatoms. The summed E-state index contributed by atoms with van der Waals surface area (Å²) in [6.45, 7) is 2.15. The van der Waals surface area contributed by atoms with Crippen LogP contribution in [0.15, 0.2) is 30.6 Å². The van der Waals surface area contributed by atoms with Gasteiger partial charge in [-0.15, -0.1) is 0 Å². The van der Waals surface area contributed by atoms with Crippen LogP contribution in [0.1, 0.15) is 13.2 Å². The summed E-state index contributed by atoms with van der Waals surface area (Å²) in [4.78, 5) is 24.5. The van der Waals surface area contributed by atoms with Gasteiger partial charge in [0, 0.05) is 0 Å². The molecule has 14 nitrogen and oxygen atoms in total. The molecule has 0 spiro atoms. The summed E-state index contributed by atoms with van der Waals surface area (Å²) in [6.07, 6.45) is 0.353. The van der Waals surface area contributed by atoms with Gasteiger partial charge in [0.25, 0.3) is 7.37 Å².